The molecule has 0 saturated heterocycles. The number of fused-ring (bicyclic) bond motifs is 1. The van der Waals surface area contributed by atoms with E-state index in [9.17, 15) is 0 Å². The van der Waals surface area contributed by atoms with Crippen molar-refractivity contribution in [2.45, 2.75) is 11.2 Å². The molecule has 2 nitrogen and oxygen atoms in total. The summed E-state index contributed by atoms with van der Waals surface area (Å²) in [5.74, 6) is 1.63. The molecule has 21 heavy (non-hydrogen) atoms. The number of hydrogen-bond donors (Lipinski definition) is 0. The van der Waals surface area contributed by atoms with E-state index in [1.54, 1.807) is 0 Å². The number of benzene rings is 2. The Balaban J connectivity index is 2.02. The highest BCUT2D eigenvalue weighted by atomic mass is 127. The zero-order valence-electron chi connectivity index (χ0n) is 11.1. The molecule has 0 saturated carbocycles. The Morgan fingerprint density at radius 1 is 1.00 bits per heavy atom. The minimum absolute atomic E-state index is 0.108. The van der Waals surface area contributed by atoms with Gasteiger partial charge in [0.1, 0.15) is 0 Å². The quantitative estimate of drug-likeness (QED) is 0.371. The van der Waals surface area contributed by atoms with Crippen molar-refractivity contribution in [3.63, 3.8) is 0 Å². The van der Waals surface area contributed by atoms with Crippen LogP contribution in [0.4, 0.5) is 0 Å². The lowest BCUT2D eigenvalue weighted by Gasteiger charge is -2.17. The van der Waals surface area contributed by atoms with Gasteiger partial charge in [-0.15, -0.1) is 0 Å². The van der Waals surface area contributed by atoms with Gasteiger partial charge in [0.05, 0.1) is 18.0 Å². The molecule has 0 fully saturated rings. The molecule has 2 aromatic carbocycles. The molecule has 5 heteroatoms. The van der Waals surface area contributed by atoms with Crippen molar-refractivity contribution in [2.24, 2.45) is 0 Å². The molecule has 0 radical (unpaired) electrons. The molecule has 0 N–H and O–H groups in total. The average molecular weight is 524 g/mol. The Labute approximate surface area is 154 Å². The predicted molar refractivity (Wildman–Crippen MR) is 99.7 cm³/mol. The fourth-order valence-electron chi connectivity index (χ4n) is 2.24. The van der Waals surface area contributed by atoms with Crippen molar-refractivity contribution >= 4 is 54.5 Å². The van der Waals surface area contributed by atoms with Gasteiger partial charge < -0.3 is 9.47 Å². The molecule has 1 unspecified atom stereocenters. The summed E-state index contributed by atoms with van der Waals surface area (Å²) in [6, 6.07) is 12.4. The summed E-state index contributed by atoms with van der Waals surface area (Å²) >= 11 is 9.83. The second-order valence-electron chi connectivity index (χ2n) is 4.76. The fraction of sp³-hybridized carbons (Fsp3) is 0.250. The fourth-order valence-corrected chi connectivity index (χ4v) is 5.01. The summed E-state index contributed by atoms with van der Waals surface area (Å²) in [6.07, 6.45) is 0.913. The molecule has 2 aromatic rings. The summed E-state index contributed by atoms with van der Waals surface area (Å²) in [6.45, 7) is 1.40. The molecule has 1 aliphatic heterocycles. The largest absolute Gasteiger partial charge is 0.490 e. The Morgan fingerprint density at radius 2 is 1.67 bits per heavy atom. The van der Waals surface area contributed by atoms with Crippen LogP contribution in [0.15, 0.2) is 40.9 Å². The van der Waals surface area contributed by atoms with Crippen LogP contribution < -0.4 is 9.47 Å². The molecule has 3 rings (SSSR count). The molecule has 1 aliphatic rings. The third-order valence-electron chi connectivity index (χ3n) is 3.32. The van der Waals surface area contributed by atoms with Crippen molar-refractivity contribution < 1.29 is 9.47 Å². The van der Waals surface area contributed by atoms with Crippen LogP contribution >= 0.6 is 54.5 Å². The molecule has 0 aromatic heterocycles. The minimum Gasteiger partial charge on any atom is -0.490 e. The van der Waals surface area contributed by atoms with Crippen LogP contribution in [0.2, 0.25) is 0 Å². The summed E-state index contributed by atoms with van der Waals surface area (Å²) in [5, 5.41) is 0. The Bertz CT molecular complexity index is 661. The Kier molecular flexibility index (Phi) is 5.11. The molecule has 0 aliphatic carbocycles. The van der Waals surface area contributed by atoms with Gasteiger partial charge in [-0.3, -0.25) is 0 Å². The first-order valence-corrected chi connectivity index (χ1v) is 9.43. The van der Waals surface area contributed by atoms with Crippen molar-refractivity contribution in [2.75, 3.05) is 13.2 Å². The highest BCUT2D eigenvalue weighted by molar-refractivity contribution is 14.1. The van der Waals surface area contributed by atoms with Crippen molar-refractivity contribution in [3.05, 3.63) is 55.6 Å². The highest BCUT2D eigenvalue weighted by Crippen LogP contribution is 2.43. The zero-order valence-corrected chi connectivity index (χ0v) is 16.4. The van der Waals surface area contributed by atoms with E-state index in [0.29, 0.717) is 13.2 Å². The molecule has 0 bridgehead atoms. The molecule has 1 heterocycles. The summed E-state index contributed by atoms with van der Waals surface area (Å²) in [4.78, 5) is 0.108. The van der Waals surface area contributed by atoms with E-state index in [-0.39, 0.29) is 4.83 Å². The van der Waals surface area contributed by atoms with Crippen molar-refractivity contribution in [3.8, 4) is 11.5 Å². The topological polar surface area (TPSA) is 18.5 Å². The maximum atomic E-state index is 5.79. The van der Waals surface area contributed by atoms with Gasteiger partial charge in [0.25, 0.3) is 0 Å². The average Bonchev–Trinajstić information content (AvgIpc) is 2.71. The van der Waals surface area contributed by atoms with Crippen LogP contribution in [0, 0.1) is 3.57 Å². The summed E-state index contributed by atoms with van der Waals surface area (Å²) in [7, 11) is 0. The molecule has 0 amide bonds. The first-order valence-electron chi connectivity index (χ1n) is 6.64. The SMILES string of the molecule is Brc1cc2c(cc1C(Br)c1ccccc1I)OCCCO2. The van der Waals surface area contributed by atoms with Crippen molar-refractivity contribution in [1.29, 1.82) is 0 Å². The van der Waals surface area contributed by atoms with Gasteiger partial charge in [0.2, 0.25) is 0 Å². The van der Waals surface area contributed by atoms with E-state index in [0.717, 1.165) is 28.0 Å². The number of rotatable bonds is 2. The van der Waals surface area contributed by atoms with Crippen LogP contribution in [0.3, 0.4) is 0 Å². The van der Waals surface area contributed by atoms with Crippen LogP contribution in [-0.2, 0) is 0 Å². The van der Waals surface area contributed by atoms with Gasteiger partial charge >= 0.3 is 0 Å². The minimum atomic E-state index is 0.108. The lowest BCUT2D eigenvalue weighted by atomic mass is 10.0. The summed E-state index contributed by atoms with van der Waals surface area (Å²) in [5.41, 5.74) is 2.39. The number of hydrogen-bond acceptors (Lipinski definition) is 2. The van der Waals surface area contributed by atoms with E-state index < -0.39 is 0 Å². The predicted octanol–water partition coefficient (Wildman–Crippen LogP) is 5.70. The van der Waals surface area contributed by atoms with Gasteiger partial charge in [0.15, 0.2) is 11.5 Å². The normalized spacial score (nSPS) is 15.4. The Hall–Kier alpha value is -0.270. The third kappa shape index (κ3) is 3.40. The third-order valence-corrected chi connectivity index (χ3v) is 5.97. The monoisotopic (exact) mass is 522 g/mol. The van der Waals surface area contributed by atoms with Crippen LogP contribution in [0.5, 0.6) is 11.5 Å². The van der Waals surface area contributed by atoms with Crippen LogP contribution in [0.25, 0.3) is 0 Å². The van der Waals surface area contributed by atoms with Gasteiger partial charge in [-0.2, -0.15) is 0 Å². The van der Waals surface area contributed by atoms with E-state index in [2.05, 4.69) is 78.7 Å². The van der Waals surface area contributed by atoms with Crippen molar-refractivity contribution in [1.82, 2.24) is 0 Å². The molecule has 110 valence electrons. The van der Waals surface area contributed by atoms with Gasteiger partial charge in [-0.05, 0) is 51.9 Å². The lowest BCUT2D eigenvalue weighted by Crippen LogP contribution is -1.99. The smallest absolute Gasteiger partial charge is 0.162 e. The number of ether oxygens (including phenoxy) is 2. The molecular formula is C16H13Br2IO2. The molecule has 1 atom stereocenters. The maximum absolute atomic E-state index is 5.79. The molecular weight excluding hydrogens is 511 g/mol. The van der Waals surface area contributed by atoms with Crippen LogP contribution in [0.1, 0.15) is 22.4 Å². The number of halogens is 3. The summed E-state index contributed by atoms with van der Waals surface area (Å²) < 4.78 is 13.8. The second-order valence-corrected chi connectivity index (χ2v) is 7.69. The van der Waals surface area contributed by atoms with Gasteiger partial charge in [0, 0.05) is 14.5 Å². The zero-order chi connectivity index (χ0) is 14.8. The highest BCUT2D eigenvalue weighted by Gasteiger charge is 2.20. The second kappa shape index (κ2) is 6.87. The maximum Gasteiger partial charge on any atom is 0.162 e. The lowest BCUT2D eigenvalue weighted by molar-refractivity contribution is 0.297. The van der Waals surface area contributed by atoms with Gasteiger partial charge in [-0.1, -0.05) is 50.1 Å². The first kappa shape index (κ1) is 15.6. The number of alkyl halides is 1. The first-order chi connectivity index (χ1) is 10.2. The van der Waals surface area contributed by atoms with E-state index >= 15 is 0 Å². The van der Waals surface area contributed by atoms with Crippen LogP contribution in [-0.4, -0.2) is 13.2 Å². The molecule has 0 spiro atoms. The van der Waals surface area contributed by atoms with E-state index in [4.69, 9.17) is 9.47 Å². The standard InChI is InChI=1S/C16H13Br2IO2/c17-12-9-15-14(20-6-3-7-21-15)8-11(12)16(18)10-4-1-2-5-13(10)19/h1-2,4-5,8-9,16H,3,6-7H2. The Morgan fingerprint density at radius 3 is 2.38 bits per heavy atom. The van der Waals surface area contributed by atoms with E-state index in [1.807, 2.05) is 12.1 Å². The van der Waals surface area contributed by atoms with Gasteiger partial charge in [-0.25, -0.2) is 0 Å². The van der Waals surface area contributed by atoms with E-state index in [1.165, 1.54) is 9.13 Å².